The van der Waals surface area contributed by atoms with Crippen molar-refractivity contribution in [1.29, 1.82) is 5.26 Å². The zero-order chi connectivity index (χ0) is 12.8. The lowest BCUT2D eigenvalue weighted by atomic mass is 10.0. The van der Waals surface area contributed by atoms with Gasteiger partial charge in [0.15, 0.2) is 5.82 Å². The van der Waals surface area contributed by atoms with Crippen molar-refractivity contribution in [2.24, 2.45) is 0 Å². The van der Waals surface area contributed by atoms with Crippen molar-refractivity contribution in [3.8, 4) is 6.07 Å². The van der Waals surface area contributed by atoms with Crippen LogP contribution in [0.1, 0.15) is 37.6 Å². The number of nitriles is 1. The molecule has 0 fully saturated rings. The minimum Gasteiger partial charge on any atom is -0.362 e. The summed E-state index contributed by atoms with van der Waals surface area (Å²) in [5.41, 5.74) is 2.50. The van der Waals surface area contributed by atoms with Gasteiger partial charge in [0.05, 0.1) is 5.69 Å². The highest BCUT2D eigenvalue weighted by atomic mass is 15.2. The second kappa shape index (κ2) is 6.00. The van der Waals surface area contributed by atoms with Gasteiger partial charge >= 0.3 is 0 Å². The smallest absolute Gasteiger partial charge is 0.167 e. The van der Waals surface area contributed by atoms with Crippen LogP contribution in [-0.2, 0) is 12.8 Å². The molecular formula is C13H18N4. The number of aryl methyl sites for hydroxylation is 1. The zero-order valence-corrected chi connectivity index (χ0v) is 10.6. The molecule has 4 nitrogen and oxygen atoms in total. The highest BCUT2D eigenvalue weighted by Crippen LogP contribution is 2.20. The number of nitrogens with zero attached hydrogens (tertiary/aromatic N) is 3. The Kier molecular flexibility index (Phi) is 4.65. The van der Waals surface area contributed by atoms with Crippen LogP contribution in [0.15, 0.2) is 12.7 Å². The molecule has 1 atom stereocenters. The van der Waals surface area contributed by atoms with Crippen molar-refractivity contribution < 1.29 is 0 Å². The van der Waals surface area contributed by atoms with Crippen LogP contribution in [0.25, 0.3) is 0 Å². The number of anilines is 1. The fourth-order valence-corrected chi connectivity index (χ4v) is 1.67. The van der Waals surface area contributed by atoms with E-state index in [9.17, 15) is 5.26 Å². The van der Waals surface area contributed by atoms with E-state index >= 15 is 0 Å². The Hall–Kier alpha value is -1.89. The number of rotatable bonds is 5. The molecule has 1 rings (SSSR count). The van der Waals surface area contributed by atoms with E-state index in [1.807, 2.05) is 20.8 Å². The first-order valence-electron chi connectivity index (χ1n) is 5.85. The number of nitrogens with one attached hydrogen (secondary N) is 1. The SMILES string of the molecule is C=CC(C)Nc1nnc(CC)c(CC)c1C#N. The van der Waals surface area contributed by atoms with Gasteiger partial charge in [0.25, 0.3) is 0 Å². The summed E-state index contributed by atoms with van der Waals surface area (Å²) in [5.74, 6) is 0.550. The molecule has 17 heavy (non-hydrogen) atoms. The molecule has 4 heteroatoms. The zero-order valence-electron chi connectivity index (χ0n) is 10.6. The lowest BCUT2D eigenvalue weighted by Crippen LogP contribution is -2.16. The summed E-state index contributed by atoms with van der Waals surface area (Å²) in [4.78, 5) is 0. The molecule has 1 heterocycles. The van der Waals surface area contributed by atoms with Gasteiger partial charge in [-0.2, -0.15) is 10.4 Å². The largest absolute Gasteiger partial charge is 0.362 e. The van der Waals surface area contributed by atoms with E-state index in [0.29, 0.717) is 11.4 Å². The monoisotopic (exact) mass is 230 g/mol. The van der Waals surface area contributed by atoms with Gasteiger partial charge in [0.1, 0.15) is 11.6 Å². The second-order valence-corrected chi connectivity index (χ2v) is 3.84. The highest BCUT2D eigenvalue weighted by molar-refractivity contribution is 5.57. The van der Waals surface area contributed by atoms with E-state index in [-0.39, 0.29) is 6.04 Å². The maximum atomic E-state index is 9.25. The number of aromatic nitrogens is 2. The summed E-state index contributed by atoms with van der Waals surface area (Å²) in [7, 11) is 0. The van der Waals surface area contributed by atoms with Crippen LogP contribution >= 0.6 is 0 Å². The molecule has 0 radical (unpaired) electrons. The maximum Gasteiger partial charge on any atom is 0.167 e. The molecule has 1 N–H and O–H groups in total. The van der Waals surface area contributed by atoms with E-state index in [4.69, 9.17) is 0 Å². The van der Waals surface area contributed by atoms with Crippen LogP contribution in [0.5, 0.6) is 0 Å². The number of hydrogen-bond acceptors (Lipinski definition) is 4. The third-order valence-corrected chi connectivity index (χ3v) is 2.68. The van der Waals surface area contributed by atoms with Gasteiger partial charge in [0, 0.05) is 6.04 Å². The van der Waals surface area contributed by atoms with Crippen LogP contribution in [0, 0.1) is 11.3 Å². The van der Waals surface area contributed by atoms with Gasteiger partial charge in [-0.1, -0.05) is 19.9 Å². The molecule has 0 saturated carbocycles. The molecule has 90 valence electrons. The predicted molar refractivity (Wildman–Crippen MR) is 68.8 cm³/mol. The molecule has 0 bridgehead atoms. The standard InChI is InChI=1S/C13H18N4/c1-5-9(4)15-13-11(8-14)10(6-2)12(7-3)16-17-13/h5,9H,1,6-7H2,2-4H3,(H,15,17). The lowest BCUT2D eigenvalue weighted by molar-refractivity contribution is 0.859. The number of hydrogen-bond donors (Lipinski definition) is 1. The highest BCUT2D eigenvalue weighted by Gasteiger charge is 2.14. The van der Waals surface area contributed by atoms with Gasteiger partial charge in [-0.05, 0) is 25.3 Å². The summed E-state index contributed by atoms with van der Waals surface area (Å²) in [6, 6.07) is 2.28. The predicted octanol–water partition coefficient (Wildman–Crippen LogP) is 2.46. The normalized spacial score (nSPS) is 11.6. The molecular weight excluding hydrogens is 212 g/mol. The fraction of sp³-hybridized carbons (Fsp3) is 0.462. The van der Waals surface area contributed by atoms with Crippen molar-refractivity contribution in [3.05, 3.63) is 29.5 Å². The Labute approximate surface area is 102 Å². The first kappa shape index (κ1) is 13.2. The van der Waals surface area contributed by atoms with Crippen LogP contribution in [0.2, 0.25) is 0 Å². The lowest BCUT2D eigenvalue weighted by Gasteiger charge is -2.14. The van der Waals surface area contributed by atoms with Gasteiger partial charge in [-0.3, -0.25) is 0 Å². The first-order valence-corrected chi connectivity index (χ1v) is 5.85. The Morgan fingerprint density at radius 1 is 1.41 bits per heavy atom. The maximum absolute atomic E-state index is 9.25. The van der Waals surface area contributed by atoms with Crippen molar-refractivity contribution in [2.75, 3.05) is 5.32 Å². The Bertz CT molecular complexity index is 445. The molecule has 0 amide bonds. The van der Waals surface area contributed by atoms with E-state index < -0.39 is 0 Å². The minimum atomic E-state index is 0.0635. The Morgan fingerprint density at radius 2 is 2.12 bits per heavy atom. The van der Waals surface area contributed by atoms with Crippen LogP contribution in [0.4, 0.5) is 5.82 Å². The van der Waals surface area contributed by atoms with Gasteiger partial charge in [0.2, 0.25) is 0 Å². The summed E-state index contributed by atoms with van der Waals surface area (Å²) in [6.45, 7) is 9.69. The third-order valence-electron chi connectivity index (χ3n) is 2.68. The molecule has 0 aromatic carbocycles. The second-order valence-electron chi connectivity index (χ2n) is 3.84. The van der Waals surface area contributed by atoms with Gasteiger partial charge in [-0.15, -0.1) is 11.7 Å². The van der Waals surface area contributed by atoms with Crippen LogP contribution in [-0.4, -0.2) is 16.2 Å². The quantitative estimate of drug-likeness (QED) is 0.789. The first-order chi connectivity index (χ1) is 8.17. The molecule has 1 aromatic heterocycles. The van der Waals surface area contributed by atoms with E-state index in [1.54, 1.807) is 6.08 Å². The van der Waals surface area contributed by atoms with E-state index in [2.05, 4.69) is 28.2 Å². The van der Waals surface area contributed by atoms with E-state index in [0.717, 1.165) is 24.1 Å². The molecule has 1 aromatic rings. The summed E-state index contributed by atoms with van der Waals surface area (Å²) in [5, 5.41) is 20.6. The Balaban J connectivity index is 3.24. The minimum absolute atomic E-state index is 0.0635. The van der Waals surface area contributed by atoms with Crippen molar-refractivity contribution in [2.45, 2.75) is 39.7 Å². The Morgan fingerprint density at radius 3 is 2.59 bits per heavy atom. The average Bonchev–Trinajstić information content (AvgIpc) is 2.37. The van der Waals surface area contributed by atoms with Crippen molar-refractivity contribution in [3.63, 3.8) is 0 Å². The molecule has 0 aliphatic heterocycles. The van der Waals surface area contributed by atoms with Gasteiger partial charge < -0.3 is 5.32 Å². The third kappa shape index (κ3) is 2.82. The van der Waals surface area contributed by atoms with Crippen molar-refractivity contribution in [1.82, 2.24) is 10.2 Å². The molecule has 0 aliphatic rings. The average molecular weight is 230 g/mol. The topological polar surface area (TPSA) is 61.6 Å². The molecule has 0 spiro atoms. The van der Waals surface area contributed by atoms with E-state index in [1.165, 1.54) is 0 Å². The van der Waals surface area contributed by atoms with Crippen LogP contribution in [0.3, 0.4) is 0 Å². The summed E-state index contributed by atoms with van der Waals surface area (Å²) < 4.78 is 0. The van der Waals surface area contributed by atoms with Crippen LogP contribution < -0.4 is 5.32 Å². The molecule has 1 unspecified atom stereocenters. The molecule has 0 saturated heterocycles. The van der Waals surface area contributed by atoms with Gasteiger partial charge in [-0.25, -0.2) is 0 Å². The van der Waals surface area contributed by atoms with Crippen molar-refractivity contribution >= 4 is 5.82 Å². The summed E-state index contributed by atoms with van der Waals surface area (Å²) >= 11 is 0. The molecule has 0 aliphatic carbocycles. The summed E-state index contributed by atoms with van der Waals surface area (Å²) in [6.07, 6.45) is 3.35. The fourth-order valence-electron chi connectivity index (χ4n) is 1.67.